The van der Waals surface area contributed by atoms with Crippen LogP contribution in [0.3, 0.4) is 0 Å². The molecule has 0 spiro atoms. The average Bonchev–Trinajstić information content (AvgIpc) is 2.89. The van der Waals surface area contributed by atoms with Crippen molar-refractivity contribution in [2.45, 2.75) is 12.8 Å². The predicted octanol–water partition coefficient (Wildman–Crippen LogP) is 4.54. The van der Waals surface area contributed by atoms with Crippen molar-refractivity contribution >= 4 is 44.0 Å². The zero-order valence-corrected chi connectivity index (χ0v) is 12.9. The van der Waals surface area contributed by atoms with Gasteiger partial charge in [-0.2, -0.15) is 0 Å². The Kier molecular flexibility index (Phi) is 2.53. The van der Waals surface area contributed by atoms with Crippen LogP contribution >= 0.6 is 23.1 Å². The summed E-state index contributed by atoms with van der Waals surface area (Å²) >= 11 is 3.41. The Balaban J connectivity index is 1.72. The molecule has 0 saturated heterocycles. The van der Waals surface area contributed by atoms with Crippen molar-refractivity contribution in [3.63, 3.8) is 0 Å². The van der Waals surface area contributed by atoms with Crippen LogP contribution in [0.1, 0.15) is 18.4 Å². The summed E-state index contributed by atoms with van der Waals surface area (Å²) in [5.41, 5.74) is 2.23. The number of rotatable bonds is 2. The van der Waals surface area contributed by atoms with E-state index >= 15 is 0 Å². The molecule has 0 radical (unpaired) electrons. The number of fused-ring (bicyclic) bond motifs is 2. The highest BCUT2D eigenvalue weighted by Gasteiger charge is 2.40. The third kappa shape index (κ3) is 1.80. The predicted molar refractivity (Wildman–Crippen MR) is 88.0 cm³/mol. The normalized spacial score (nSPS) is 21.4. The van der Waals surface area contributed by atoms with Gasteiger partial charge in [-0.05, 0) is 42.3 Å². The van der Waals surface area contributed by atoms with E-state index < -0.39 is 0 Å². The molecule has 0 amide bonds. The summed E-state index contributed by atoms with van der Waals surface area (Å²) < 4.78 is 15.4. The number of hydrogen-bond acceptors (Lipinski definition) is 4. The molecule has 5 heteroatoms. The van der Waals surface area contributed by atoms with Gasteiger partial charge in [-0.15, -0.1) is 11.3 Å². The van der Waals surface area contributed by atoms with Gasteiger partial charge >= 0.3 is 0 Å². The molecule has 0 atom stereocenters. The first kappa shape index (κ1) is 12.2. The standard InChI is InChI=1S/C16H13FN2S2/c17-12-7-10(8-13-11(12)3-6-20-13)14-15(9-1-2-9)21-16-18-4-5-19(14)16/h3,6-9H,1-2,4-5H2. The second-order valence-corrected chi connectivity index (χ2v) is 7.65. The minimum atomic E-state index is -0.110. The van der Waals surface area contributed by atoms with E-state index in [4.69, 9.17) is 0 Å². The topological polar surface area (TPSA) is 15.6 Å². The smallest absolute Gasteiger partial charge is 0.168 e. The molecule has 3 aliphatic rings. The highest BCUT2D eigenvalue weighted by molar-refractivity contribution is 8.17. The number of hydrogen-bond donors (Lipinski definition) is 0. The summed E-state index contributed by atoms with van der Waals surface area (Å²) in [5, 5.41) is 3.80. The Morgan fingerprint density at radius 2 is 2.19 bits per heavy atom. The molecular formula is C16H13FN2S2. The summed E-state index contributed by atoms with van der Waals surface area (Å²) in [6.45, 7) is 1.78. The molecule has 1 fully saturated rings. The number of amidine groups is 1. The lowest BCUT2D eigenvalue weighted by atomic mass is 10.1. The molecule has 106 valence electrons. The Morgan fingerprint density at radius 3 is 3.05 bits per heavy atom. The zero-order valence-electron chi connectivity index (χ0n) is 11.3. The summed E-state index contributed by atoms with van der Waals surface area (Å²) in [6, 6.07) is 5.71. The van der Waals surface area contributed by atoms with Crippen LogP contribution in [-0.4, -0.2) is 23.2 Å². The Hall–Kier alpha value is -1.33. The van der Waals surface area contributed by atoms with Gasteiger partial charge in [-0.3, -0.25) is 4.99 Å². The lowest BCUT2D eigenvalue weighted by molar-refractivity contribution is 0.631. The number of aliphatic imine (C=N–C) groups is 1. The SMILES string of the molecule is Fc1cc(C2=C(C3CC3)SC3=NCCN32)cc2sccc12. The van der Waals surface area contributed by atoms with Crippen molar-refractivity contribution in [3.8, 4) is 0 Å². The molecule has 0 N–H and O–H groups in total. The fourth-order valence-electron chi connectivity index (χ4n) is 3.09. The minimum absolute atomic E-state index is 0.110. The molecule has 5 rings (SSSR count). The van der Waals surface area contributed by atoms with Crippen LogP contribution in [0.25, 0.3) is 15.8 Å². The Labute approximate surface area is 130 Å². The van der Waals surface area contributed by atoms with E-state index in [0.717, 1.165) is 33.9 Å². The largest absolute Gasteiger partial charge is 0.318 e. The molecule has 0 bridgehead atoms. The van der Waals surface area contributed by atoms with Gasteiger partial charge in [0.25, 0.3) is 0 Å². The van der Waals surface area contributed by atoms with E-state index in [0.29, 0.717) is 5.92 Å². The van der Waals surface area contributed by atoms with Crippen molar-refractivity contribution in [2.24, 2.45) is 10.9 Å². The first-order valence-corrected chi connectivity index (χ1v) is 8.92. The van der Waals surface area contributed by atoms with Crippen LogP contribution in [0.5, 0.6) is 0 Å². The maximum Gasteiger partial charge on any atom is 0.168 e. The molecule has 2 aromatic rings. The van der Waals surface area contributed by atoms with Gasteiger partial charge in [0.1, 0.15) is 5.82 Å². The third-order valence-corrected chi connectivity index (χ3v) is 6.39. The van der Waals surface area contributed by atoms with Gasteiger partial charge in [0.05, 0.1) is 12.2 Å². The van der Waals surface area contributed by atoms with Crippen LogP contribution in [0.2, 0.25) is 0 Å². The first-order chi connectivity index (χ1) is 10.3. The van der Waals surface area contributed by atoms with Gasteiger partial charge in [0.2, 0.25) is 0 Å². The molecular weight excluding hydrogens is 303 g/mol. The fraction of sp³-hybridized carbons (Fsp3) is 0.312. The van der Waals surface area contributed by atoms with Gasteiger partial charge in [0, 0.05) is 27.1 Å². The number of thioether (sulfide) groups is 1. The number of thiophene rings is 1. The van der Waals surface area contributed by atoms with E-state index in [-0.39, 0.29) is 5.82 Å². The fourth-order valence-corrected chi connectivity index (χ4v) is 5.30. The maximum absolute atomic E-state index is 14.3. The van der Waals surface area contributed by atoms with Crippen LogP contribution in [0.15, 0.2) is 33.5 Å². The summed E-state index contributed by atoms with van der Waals surface area (Å²) in [5.74, 6) is 0.557. The molecule has 1 aliphatic carbocycles. The average molecular weight is 316 g/mol. The summed E-state index contributed by atoms with van der Waals surface area (Å²) in [6.07, 6.45) is 2.52. The van der Waals surface area contributed by atoms with Crippen LogP contribution < -0.4 is 0 Å². The molecule has 3 heterocycles. The molecule has 1 saturated carbocycles. The molecule has 1 aromatic carbocycles. The van der Waals surface area contributed by atoms with Crippen LogP contribution in [0, 0.1) is 11.7 Å². The van der Waals surface area contributed by atoms with Crippen molar-refractivity contribution in [1.29, 1.82) is 0 Å². The molecule has 21 heavy (non-hydrogen) atoms. The highest BCUT2D eigenvalue weighted by Crippen LogP contribution is 2.52. The quantitative estimate of drug-likeness (QED) is 0.808. The van der Waals surface area contributed by atoms with Gasteiger partial charge < -0.3 is 4.90 Å². The van der Waals surface area contributed by atoms with Crippen molar-refractivity contribution in [2.75, 3.05) is 13.1 Å². The van der Waals surface area contributed by atoms with E-state index in [9.17, 15) is 4.39 Å². The van der Waals surface area contributed by atoms with Gasteiger partial charge in [-0.1, -0.05) is 11.8 Å². The third-order valence-electron chi connectivity index (χ3n) is 4.25. The van der Waals surface area contributed by atoms with Crippen molar-refractivity contribution < 1.29 is 4.39 Å². The van der Waals surface area contributed by atoms with Crippen molar-refractivity contribution in [1.82, 2.24) is 4.90 Å². The monoisotopic (exact) mass is 316 g/mol. The maximum atomic E-state index is 14.3. The lowest BCUT2D eigenvalue weighted by Gasteiger charge is -2.17. The molecule has 2 aliphatic heterocycles. The van der Waals surface area contributed by atoms with Crippen LogP contribution in [-0.2, 0) is 0 Å². The zero-order chi connectivity index (χ0) is 14.0. The summed E-state index contributed by atoms with van der Waals surface area (Å²) in [4.78, 5) is 8.27. The lowest BCUT2D eigenvalue weighted by Crippen LogP contribution is -2.20. The Morgan fingerprint density at radius 1 is 1.29 bits per heavy atom. The van der Waals surface area contributed by atoms with Crippen LogP contribution in [0.4, 0.5) is 4.39 Å². The second kappa shape index (κ2) is 4.34. The van der Waals surface area contributed by atoms with E-state index in [1.807, 2.05) is 11.4 Å². The van der Waals surface area contributed by atoms with Gasteiger partial charge in [-0.25, -0.2) is 4.39 Å². The number of allylic oxidation sites excluding steroid dienone is 1. The number of nitrogens with zero attached hydrogens (tertiary/aromatic N) is 2. The minimum Gasteiger partial charge on any atom is -0.318 e. The van der Waals surface area contributed by atoms with Gasteiger partial charge in [0.15, 0.2) is 5.17 Å². The molecule has 0 unspecified atom stereocenters. The number of benzene rings is 1. The van der Waals surface area contributed by atoms with E-state index in [2.05, 4.69) is 16.0 Å². The summed E-state index contributed by atoms with van der Waals surface area (Å²) in [7, 11) is 0. The molecule has 2 nitrogen and oxygen atoms in total. The van der Waals surface area contributed by atoms with Crippen molar-refractivity contribution in [3.05, 3.63) is 39.9 Å². The second-order valence-electron chi connectivity index (χ2n) is 5.70. The first-order valence-electron chi connectivity index (χ1n) is 7.22. The highest BCUT2D eigenvalue weighted by atomic mass is 32.2. The molecule has 1 aromatic heterocycles. The van der Waals surface area contributed by atoms with E-state index in [1.54, 1.807) is 29.2 Å². The Bertz CT molecular complexity index is 817. The van der Waals surface area contributed by atoms with E-state index in [1.165, 1.54) is 23.4 Å². The number of halogens is 1.